The lowest BCUT2D eigenvalue weighted by Gasteiger charge is -2.13. The lowest BCUT2D eigenvalue weighted by atomic mass is 10.1. The number of hydrogen-bond donors (Lipinski definition) is 1. The fourth-order valence-electron chi connectivity index (χ4n) is 2.77. The van der Waals surface area contributed by atoms with E-state index < -0.39 is 11.7 Å². The molecule has 0 atom stereocenters. The van der Waals surface area contributed by atoms with Gasteiger partial charge in [0.05, 0.1) is 25.5 Å². The number of anilines is 1. The quantitative estimate of drug-likeness (QED) is 0.454. The Morgan fingerprint density at radius 3 is 2.55 bits per heavy atom. The van der Waals surface area contributed by atoms with E-state index in [1.807, 2.05) is 37.3 Å². The molecule has 0 saturated heterocycles. The molecule has 3 aromatic rings. The van der Waals surface area contributed by atoms with Gasteiger partial charge in [0.25, 0.3) is 5.91 Å². The summed E-state index contributed by atoms with van der Waals surface area (Å²) < 4.78 is 26.1. The number of amides is 1. The van der Waals surface area contributed by atoms with Gasteiger partial charge < -0.3 is 14.8 Å². The Balaban J connectivity index is 1.73. The molecule has 0 aromatic heterocycles. The van der Waals surface area contributed by atoms with Crippen LogP contribution in [0.25, 0.3) is 0 Å². The zero-order valence-corrected chi connectivity index (χ0v) is 17.5. The zero-order chi connectivity index (χ0) is 20.6. The van der Waals surface area contributed by atoms with Crippen LogP contribution in [0, 0.1) is 5.82 Å². The largest absolute Gasteiger partial charge is 0.494 e. The standard InChI is InChI=1S/C23H21BrFNO3/c1-2-29-22-11-8-17(23(27)26-21-10-9-19(24)13-20(21)25)12-18(22)15-28-14-16-6-4-3-5-7-16/h3-13H,2,14-15H2,1H3,(H,26,27). The normalized spacial score (nSPS) is 10.6. The number of rotatable bonds is 8. The van der Waals surface area contributed by atoms with Crippen LogP contribution >= 0.6 is 15.9 Å². The molecule has 1 amide bonds. The van der Waals surface area contributed by atoms with Crippen molar-refractivity contribution in [1.29, 1.82) is 0 Å². The summed E-state index contributed by atoms with van der Waals surface area (Å²) in [7, 11) is 0. The summed E-state index contributed by atoms with van der Waals surface area (Å²) in [5.41, 5.74) is 2.33. The summed E-state index contributed by atoms with van der Waals surface area (Å²) in [5, 5.41) is 2.60. The average molecular weight is 458 g/mol. The van der Waals surface area contributed by atoms with Crippen molar-refractivity contribution < 1.29 is 18.7 Å². The highest BCUT2D eigenvalue weighted by Crippen LogP contribution is 2.24. The van der Waals surface area contributed by atoms with Crippen LogP contribution in [0.5, 0.6) is 5.75 Å². The van der Waals surface area contributed by atoms with Crippen LogP contribution in [0.3, 0.4) is 0 Å². The van der Waals surface area contributed by atoms with Gasteiger partial charge in [-0.05, 0) is 48.9 Å². The third kappa shape index (κ3) is 5.89. The molecule has 0 radical (unpaired) electrons. The smallest absolute Gasteiger partial charge is 0.255 e. The Labute approximate surface area is 177 Å². The Morgan fingerprint density at radius 2 is 1.83 bits per heavy atom. The van der Waals surface area contributed by atoms with Crippen LogP contribution in [-0.2, 0) is 18.0 Å². The highest BCUT2D eigenvalue weighted by Gasteiger charge is 2.13. The maximum absolute atomic E-state index is 14.0. The van der Waals surface area contributed by atoms with E-state index >= 15 is 0 Å². The Bertz CT molecular complexity index is 979. The van der Waals surface area contributed by atoms with E-state index in [0.717, 1.165) is 11.1 Å². The zero-order valence-electron chi connectivity index (χ0n) is 16.0. The number of hydrogen-bond acceptors (Lipinski definition) is 3. The van der Waals surface area contributed by atoms with Crippen molar-refractivity contribution >= 4 is 27.5 Å². The highest BCUT2D eigenvalue weighted by atomic mass is 79.9. The molecule has 3 rings (SSSR count). The summed E-state index contributed by atoms with van der Waals surface area (Å²) in [6.45, 7) is 3.14. The third-order valence-corrected chi connectivity index (χ3v) is 4.66. The van der Waals surface area contributed by atoms with Gasteiger partial charge in [0.15, 0.2) is 0 Å². The van der Waals surface area contributed by atoms with Crippen LogP contribution in [-0.4, -0.2) is 12.5 Å². The molecule has 0 heterocycles. The topological polar surface area (TPSA) is 47.6 Å². The summed E-state index contributed by atoms with van der Waals surface area (Å²) >= 11 is 3.20. The predicted octanol–water partition coefficient (Wildman–Crippen LogP) is 5.96. The van der Waals surface area contributed by atoms with Gasteiger partial charge in [0, 0.05) is 15.6 Å². The fraction of sp³-hybridized carbons (Fsp3) is 0.174. The number of ether oxygens (including phenoxy) is 2. The fourth-order valence-corrected chi connectivity index (χ4v) is 3.10. The van der Waals surface area contributed by atoms with Crippen molar-refractivity contribution in [3.8, 4) is 5.75 Å². The van der Waals surface area contributed by atoms with Gasteiger partial charge in [0.1, 0.15) is 11.6 Å². The van der Waals surface area contributed by atoms with Gasteiger partial charge in [-0.3, -0.25) is 4.79 Å². The van der Waals surface area contributed by atoms with Crippen molar-refractivity contribution in [2.24, 2.45) is 0 Å². The molecule has 3 aromatic carbocycles. The molecule has 0 unspecified atom stereocenters. The van der Waals surface area contributed by atoms with E-state index in [1.165, 1.54) is 12.1 Å². The first-order chi connectivity index (χ1) is 14.1. The second kappa shape index (κ2) is 10.2. The minimum atomic E-state index is -0.509. The maximum atomic E-state index is 14.0. The molecule has 0 bridgehead atoms. The van der Waals surface area contributed by atoms with Crippen LogP contribution in [0.2, 0.25) is 0 Å². The van der Waals surface area contributed by atoms with Crippen molar-refractivity contribution in [3.05, 3.63) is 93.7 Å². The molecule has 0 aliphatic carbocycles. The van der Waals surface area contributed by atoms with Gasteiger partial charge in [-0.25, -0.2) is 4.39 Å². The van der Waals surface area contributed by atoms with E-state index in [4.69, 9.17) is 9.47 Å². The van der Waals surface area contributed by atoms with Gasteiger partial charge in [-0.1, -0.05) is 46.3 Å². The molecule has 1 N–H and O–H groups in total. The van der Waals surface area contributed by atoms with E-state index in [-0.39, 0.29) is 12.3 Å². The van der Waals surface area contributed by atoms with E-state index in [2.05, 4.69) is 21.2 Å². The van der Waals surface area contributed by atoms with Crippen molar-refractivity contribution in [1.82, 2.24) is 0 Å². The van der Waals surface area contributed by atoms with Gasteiger partial charge in [0.2, 0.25) is 0 Å². The number of carbonyl (C=O) groups is 1. The first-order valence-corrected chi connectivity index (χ1v) is 10.00. The summed E-state index contributed by atoms with van der Waals surface area (Å²) in [5.74, 6) is -0.254. The third-order valence-electron chi connectivity index (χ3n) is 4.17. The second-order valence-electron chi connectivity index (χ2n) is 6.31. The molecule has 0 fully saturated rings. The Hall–Kier alpha value is -2.70. The molecule has 29 heavy (non-hydrogen) atoms. The van der Waals surface area contributed by atoms with E-state index in [1.54, 1.807) is 24.3 Å². The minimum absolute atomic E-state index is 0.119. The second-order valence-corrected chi connectivity index (χ2v) is 7.23. The molecule has 0 spiro atoms. The van der Waals surface area contributed by atoms with E-state index in [0.29, 0.717) is 29.0 Å². The monoisotopic (exact) mass is 457 g/mol. The first kappa shape index (κ1) is 21.0. The molecule has 0 aliphatic rings. The molecule has 6 heteroatoms. The Morgan fingerprint density at radius 1 is 1.03 bits per heavy atom. The summed E-state index contributed by atoms with van der Waals surface area (Å²) in [6.07, 6.45) is 0. The first-order valence-electron chi connectivity index (χ1n) is 9.20. The van der Waals surface area contributed by atoms with Crippen LogP contribution in [0.15, 0.2) is 71.2 Å². The molecule has 4 nitrogen and oxygen atoms in total. The lowest BCUT2D eigenvalue weighted by Crippen LogP contribution is -2.14. The molecular weight excluding hydrogens is 437 g/mol. The molecule has 0 saturated carbocycles. The lowest BCUT2D eigenvalue weighted by molar-refractivity contribution is 0.101. The highest BCUT2D eigenvalue weighted by molar-refractivity contribution is 9.10. The van der Waals surface area contributed by atoms with Crippen LogP contribution in [0.4, 0.5) is 10.1 Å². The SMILES string of the molecule is CCOc1ccc(C(=O)Nc2ccc(Br)cc2F)cc1COCc1ccccc1. The Kier molecular flexibility index (Phi) is 7.38. The van der Waals surface area contributed by atoms with Crippen LogP contribution < -0.4 is 10.1 Å². The number of halogens is 2. The van der Waals surface area contributed by atoms with Crippen LogP contribution in [0.1, 0.15) is 28.4 Å². The molecular formula is C23H21BrFNO3. The molecule has 0 aliphatic heterocycles. The van der Waals surface area contributed by atoms with Crippen molar-refractivity contribution in [3.63, 3.8) is 0 Å². The van der Waals surface area contributed by atoms with Crippen molar-refractivity contribution in [2.75, 3.05) is 11.9 Å². The van der Waals surface area contributed by atoms with Gasteiger partial charge >= 0.3 is 0 Å². The summed E-state index contributed by atoms with van der Waals surface area (Å²) in [4.78, 5) is 12.6. The average Bonchev–Trinajstić information content (AvgIpc) is 2.72. The maximum Gasteiger partial charge on any atom is 0.255 e. The van der Waals surface area contributed by atoms with Crippen molar-refractivity contribution in [2.45, 2.75) is 20.1 Å². The molecule has 150 valence electrons. The van der Waals surface area contributed by atoms with Gasteiger partial charge in [-0.15, -0.1) is 0 Å². The number of nitrogens with one attached hydrogen (secondary N) is 1. The minimum Gasteiger partial charge on any atom is -0.494 e. The predicted molar refractivity (Wildman–Crippen MR) is 115 cm³/mol. The number of benzene rings is 3. The summed E-state index contributed by atoms with van der Waals surface area (Å²) in [6, 6.07) is 19.4. The van der Waals surface area contributed by atoms with E-state index in [9.17, 15) is 9.18 Å². The number of carbonyl (C=O) groups excluding carboxylic acids is 1. The van der Waals surface area contributed by atoms with Gasteiger partial charge in [-0.2, -0.15) is 0 Å².